The number of aliphatic imine (C=N–C) groups is 1. The van der Waals surface area contributed by atoms with Gasteiger partial charge in [0.25, 0.3) is 0 Å². The van der Waals surface area contributed by atoms with Crippen LogP contribution in [0.15, 0.2) is 47.5 Å². The lowest BCUT2D eigenvalue weighted by Crippen LogP contribution is -2.37. The van der Waals surface area contributed by atoms with E-state index in [0.717, 1.165) is 55.7 Å². The third-order valence-electron chi connectivity index (χ3n) is 4.78. The van der Waals surface area contributed by atoms with Gasteiger partial charge < -0.3 is 29.7 Å². The first-order chi connectivity index (χ1) is 15.0. The van der Waals surface area contributed by atoms with Gasteiger partial charge in [0.05, 0.1) is 20.8 Å². The third-order valence-corrected chi connectivity index (χ3v) is 4.78. The minimum atomic E-state index is 0. The lowest BCUT2D eigenvalue weighted by Gasteiger charge is -2.13. The molecule has 0 atom stereocenters. The first kappa shape index (κ1) is 27.8. The molecule has 0 amide bonds. The molecule has 0 aliphatic rings. The summed E-state index contributed by atoms with van der Waals surface area (Å²) in [5, 5.41) is 6.69. The largest absolute Gasteiger partial charge is 0.494 e. The fourth-order valence-corrected chi connectivity index (χ4v) is 3.04. The molecule has 0 unspecified atom stereocenters. The molecule has 2 N–H and O–H groups in total. The van der Waals surface area contributed by atoms with Gasteiger partial charge in [0.15, 0.2) is 17.5 Å². The molecule has 0 aliphatic carbocycles. The zero-order chi connectivity index (χ0) is 22.5. The molecule has 2 rings (SSSR count). The van der Waals surface area contributed by atoms with E-state index in [4.69, 9.17) is 14.2 Å². The van der Waals surface area contributed by atoms with Crippen molar-refractivity contribution in [2.24, 2.45) is 4.99 Å². The fourth-order valence-electron chi connectivity index (χ4n) is 3.04. The Hall–Kier alpha value is -2.20. The Kier molecular flexibility index (Phi) is 13.5. The maximum absolute atomic E-state index is 5.78. The fraction of sp³-hybridized carbons (Fsp3) is 0.458. The Morgan fingerprint density at radius 2 is 1.62 bits per heavy atom. The lowest BCUT2D eigenvalue weighted by molar-refractivity contribution is 0.281. The Labute approximate surface area is 209 Å². The number of methoxy groups -OCH3 is 2. The molecule has 0 heterocycles. The van der Waals surface area contributed by atoms with Crippen LogP contribution < -0.4 is 24.8 Å². The van der Waals surface area contributed by atoms with Crippen LogP contribution in [0.5, 0.6) is 17.2 Å². The van der Waals surface area contributed by atoms with E-state index in [0.29, 0.717) is 6.54 Å². The smallest absolute Gasteiger partial charge is 0.191 e. The van der Waals surface area contributed by atoms with E-state index in [-0.39, 0.29) is 24.0 Å². The lowest BCUT2D eigenvalue weighted by atomic mass is 10.1. The number of halogens is 1. The van der Waals surface area contributed by atoms with Gasteiger partial charge in [-0.2, -0.15) is 0 Å². The number of ether oxygens (including phenoxy) is 3. The van der Waals surface area contributed by atoms with Crippen LogP contribution in [-0.2, 0) is 13.0 Å². The molecular formula is C24H37IN4O3. The van der Waals surface area contributed by atoms with Crippen LogP contribution in [0.25, 0.3) is 0 Å². The van der Waals surface area contributed by atoms with Crippen molar-refractivity contribution >= 4 is 29.9 Å². The maximum atomic E-state index is 5.78. The number of benzene rings is 2. The third kappa shape index (κ3) is 9.95. The zero-order valence-corrected chi connectivity index (χ0v) is 22.1. The summed E-state index contributed by atoms with van der Waals surface area (Å²) in [5.74, 6) is 3.15. The van der Waals surface area contributed by atoms with Crippen molar-refractivity contribution in [2.45, 2.75) is 19.4 Å². The zero-order valence-electron chi connectivity index (χ0n) is 19.8. The van der Waals surface area contributed by atoms with E-state index in [2.05, 4.69) is 46.8 Å². The summed E-state index contributed by atoms with van der Waals surface area (Å²) in [6.07, 6.45) is 1.86. The highest BCUT2D eigenvalue weighted by Gasteiger charge is 2.05. The van der Waals surface area contributed by atoms with Gasteiger partial charge in [-0.1, -0.05) is 18.2 Å². The van der Waals surface area contributed by atoms with Gasteiger partial charge in [-0.3, -0.25) is 4.99 Å². The van der Waals surface area contributed by atoms with E-state index in [1.807, 2.05) is 30.3 Å². The summed E-state index contributed by atoms with van der Waals surface area (Å²) in [5.41, 5.74) is 2.34. The maximum Gasteiger partial charge on any atom is 0.191 e. The molecule has 0 aliphatic heterocycles. The molecule has 0 saturated heterocycles. The Balaban J connectivity index is 0.00000512. The average molecular weight is 556 g/mol. The number of guanidine groups is 1. The molecule has 0 spiro atoms. The Morgan fingerprint density at radius 3 is 2.25 bits per heavy atom. The first-order valence-electron chi connectivity index (χ1n) is 10.6. The Bertz CT molecular complexity index is 813. The summed E-state index contributed by atoms with van der Waals surface area (Å²) >= 11 is 0. The SMILES string of the molecule is CN=C(NCCc1ccc(OC)c(OC)c1)NCc1ccc(OCCCN(C)C)cc1.I. The number of nitrogens with one attached hydrogen (secondary N) is 2. The number of hydrogen-bond donors (Lipinski definition) is 2. The van der Waals surface area contributed by atoms with Crippen LogP contribution in [0.1, 0.15) is 17.5 Å². The molecule has 8 heteroatoms. The van der Waals surface area contributed by atoms with Gasteiger partial charge in [0.2, 0.25) is 0 Å². The molecule has 0 aromatic heterocycles. The molecular weight excluding hydrogens is 519 g/mol. The van der Waals surface area contributed by atoms with Gasteiger partial charge in [0.1, 0.15) is 5.75 Å². The minimum Gasteiger partial charge on any atom is -0.494 e. The molecule has 0 fully saturated rings. The number of nitrogens with zero attached hydrogens (tertiary/aromatic N) is 2. The quantitative estimate of drug-likeness (QED) is 0.181. The van der Waals surface area contributed by atoms with E-state index in [1.54, 1.807) is 21.3 Å². The molecule has 7 nitrogen and oxygen atoms in total. The normalized spacial score (nSPS) is 11.0. The molecule has 0 radical (unpaired) electrons. The summed E-state index contributed by atoms with van der Waals surface area (Å²) in [6.45, 7) is 3.21. The van der Waals surface area contributed by atoms with Crippen LogP contribution >= 0.6 is 24.0 Å². The van der Waals surface area contributed by atoms with Crippen LogP contribution in [0.2, 0.25) is 0 Å². The summed E-state index contributed by atoms with van der Waals surface area (Å²) < 4.78 is 16.4. The van der Waals surface area contributed by atoms with Crippen LogP contribution in [-0.4, -0.2) is 65.9 Å². The van der Waals surface area contributed by atoms with Crippen LogP contribution in [0.4, 0.5) is 0 Å². The van der Waals surface area contributed by atoms with Gasteiger partial charge >= 0.3 is 0 Å². The van der Waals surface area contributed by atoms with Crippen molar-refractivity contribution in [1.29, 1.82) is 0 Å². The van der Waals surface area contributed by atoms with Crippen molar-refractivity contribution in [3.63, 3.8) is 0 Å². The van der Waals surface area contributed by atoms with E-state index < -0.39 is 0 Å². The highest BCUT2D eigenvalue weighted by atomic mass is 127. The molecule has 0 saturated carbocycles. The van der Waals surface area contributed by atoms with Crippen molar-refractivity contribution in [2.75, 3.05) is 55.1 Å². The van der Waals surface area contributed by atoms with Gasteiger partial charge in [0, 0.05) is 26.7 Å². The standard InChI is InChI=1S/C24H36N4O3.HI/c1-25-24(26-14-13-19-9-12-22(29-4)23(17-19)30-5)27-18-20-7-10-21(11-8-20)31-16-6-15-28(2)3;/h7-12,17H,6,13-16,18H2,1-5H3,(H2,25,26,27);1H. The van der Waals surface area contributed by atoms with Crippen molar-refractivity contribution < 1.29 is 14.2 Å². The van der Waals surface area contributed by atoms with Gasteiger partial charge in [-0.25, -0.2) is 0 Å². The summed E-state index contributed by atoms with van der Waals surface area (Å²) in [6, 6.07) is 14.2. The highest BCUT2D eigenvalue weighted by Crippen LogP contribution is 2.27. The molecule has 32 heavy (non-hydrogen) atoms. The van der Waals surface area contributed by atoms with E-state index >= 15 is 0 Å². The molecule has 2 aromatic rings. The minimum absolute atomic E-state index is 0. The van der Waals surface area contributed by atoms with Crippen molar-refractivity contribution in [1.82, 2.24) is 15.5 Å². The molecule has 178 valence electrons. The number of rotatable bonds is 12. The van der Waals surface area contributed by atoms with E-state index in [9.17, 15) is 0 Å². The molecule has 0 bridgehead atoms. The highest BCUT2D eigenvalue weighted by molar-refractivity contribution is 14.0. The second-order valence-electron chi connectivity index (χ2n) is 7.44. The second kappa shape index (κ2) is 15.6. The summed E-state index contributed by atoms with van der Waals surface area (Å²) in [7, 11) is 9.20. The monoisotopic (exact) mass is 556 g/mol. The second-order valence-corrected chi connectivity index (χ2v) is 7.44. The molecule has 2 aromatic carbocycles. The Morgan fingerprint density at radius 1 is 0.938 bits per heavy atom. The predicted molar refractivity (Wildman–Crippen MR) is 142 cm³/mol. The van der Waals surface area contributed by atoms with Crippen LogP contribution in [0.3, 0.4) is 0 Å². The van der Waals surface area contributed by atoms with Crippen molar-refractivity contribution in [3.05, 3.63) is 53.6 Å². The van der Waals surface area contributed by atoms with Gasteiger partial charge in [-0.05, 0) is 62.3 Å². The van der Waals surface area contributed by atoms with Gasteiger partial charge in [-0.15, -0.1) is 24.0 Å². The predicted octanol–water partition coefficient (Wildman–Crippen LogP) is 3.56. The van der Waals surface area contributed by atoms with E-state index in [1.165, 1.54) is 11.1 Å². The average Bonchev–Trinajstić information content (AvgIpc) is 2.79. The van der Waals surface area contributed by atoms with Crippen LogP contribution in [0, 0.1) is 0 Å². The number of hydrogen-bond acceptors (Lipinski definition) is 5. The summed E-state index contributed by atoms with van der Waals surface area (Å²) in [4.78, 5) is 6.46. The van der Waals surface area contributed by atoms with Crippen molar-refractivity contribution in [3.8, 4) is 17.2 Å². The topological polar surface area (TPSA) is 67.4 Å². The first-order valence-corrected chi connectivity index (χ1v) is 10.6.